The Morgan fingerprint density at radius 2 is 2.12 bits per heavy atom. The highest BCUT2D eigenvalue weighted by Gasteiger charge is 2.57. The summed E-state index contributed by atoms with van der Waals surface area (Å²) in [5, 5.41) is 3.42. The minimum absolute atomic E-state index is 0.611. The Labute approximate surface area is 102 Å². The third-order valence-corrected chi connectivity index (χ3v) is 4.97. The number of nitrogens with one attached hydrogen (secondary N) is 1. The molecule has 2 unspecified atom stereocenters. The van der Waals surface area contributed by atoms with Gasteiger partial charge in [-0.05, 0) is 48.1 Å². The van der Waals surface area contributed by atoms with Crippen molar-refractivity contribution in [1.29, 1.82) is 0 Å². The maximum Gasteiger partial charge on any atom is 0.0827 e. The van der Waals surface area contributed by atoms with Crippen molar-refractivity contribution in [2.24, 2.45) is 16.3 Å². The molecular formula is C15H18N2. The molecular weight excluding hydrogens is 208 g/mol. The summed E-state index contributed by atoms with van der Waals surface area (Å²) in [4.78, 5) is 4.31. The summed E-state index contributed by atoms with van der Waals surface area (Å²) in [6.45, 7) is 0.994. The van der Waals surface area contributed by atoms with Crippen molar-refractivity contribution in [2.75, 3.05) is 6.54 Å². The van der Waals surface area contributed by atoms with Crippen LogP contribution in [-0.4, -0.2) is 18.9 Å². The lowest BCUT2D eigenvalue weighted by molar-refractivity contribution is 0.362. The molecule has 1 saturated carbocycles. The fourth-order valence-electron chi connectivity index (χ4n) is 3.87. The van der Waals surface area contributed by atoms with Crippen molar-refractivity contribution in [1.82, 2.24) is 5.32 Å². The van der Waals surface area contributed by atoms with Crippen molar-refractivity contribution in [3.63, 3.8) is 0 Å². The van der Waals surface area contributed by atoms with Crippen molar-refractivity contribution in [3.05, 3.63) is 35.4 Å². The SMILES string of the molecule is C1=NC[C@@H](C2CC23CCc2ccccc2C3)N1. The molecule has 1 heterocycles. The Kier molecular flexibility index (Phi) is 1.91. The van der Waals surface area contributed by atoms with Gasteiger partial charge in [0.1, 0.15) is 0 Å². The van der Waals surface area contributed by atoms with Crippen LogP contribution in [0.4, 0.5) is 0 Å². The minimum atomic E-state index is 0.611. The van der Waals surface area contributed by atoms with Gasteiger partial charge in [0.25, 0.3) is 0 Å². The second kappa shape index (κ2) is 3.34. The van der Waals surface area contributed by atoms with Gasteiger partial charge in [0.05, 0.1) is 12.9 Å². The van der Waals surface area contributed by atoms with Crippen LogP contribution in [0.3, 0.4) is 0 Å². The van der Waals surface area contributed by atoms with E-state index in [1.807, 2.05) is 6.34 Å². The Morgan fingerprint density at radius 3 is 2.94 bits per heavy atom. The zero-order chi connectivity index (χ0) is 11.3. The van der Waals surface area contributed by atoms with E-state index in [9.17, 15) is 0 Å². The van der Waals surface area contributed by atoms with Crippen molar-refractivity contribution in [3.8, 4) is 0 Å². The van der Waals surface area contributed by atoms with E-state index in [-0.39, 0.29) is 0 Å². The van der Waals surface area contributed by atoms with E-state index in [4.69, 9.17) is 0 Å². The highest BCUT2D eigenvalue weighted by molar-refractivity contribution is 5.57. The molecule has 3 aliphatic rings. The summed E-state index contributed by atoms with van der Waals surface area (Å²) >= 11 is 0. The Balaban J connectivity index is 1.55. The summed E-state index contributed by atoms with van der Waals surface area (Å²) < 4.78 is 0. The average Bonchev–Trinajstić information content (AvgIpc) is 2.83. The molecule has 0 saturated heterocycles. The van der Waals surface area contributed by atoms with E-state index in [0.717, 1.165) is 12.5 Å². The fraction of sp³-hybridized carbons (Fsp3) is 0.533. The molecule has 1 fully saturated rings. The van der Waals surface area contributed by atoms with Crippen LogP contribution in [-0.2, 0) is 12.8 Å². The molecule has 3 atom stereocenters. The van der Waals surface area contributed by atoms with Crippen LogP contribution < -0.4 is 5.32 Å². The molecule has 2 nitrogen and oxygen atoms in total. The third-order valence-electron chi connectivity index (χ3n) is 4.97. The van der Waals surface area contributed by atoms with E-state index in [2.05, 4.69) is 34.6 Å². The lowest BCUT2D eigenvalue weighted by Crippen LogP contribution is -2.31. The lowest BCUT2D eigenvalue weighted by atomic mass is 9.79. The molecule has 17 heavy (non-hydrogen) atoms. The van der Waals surface area contributed by atoms with E-state index < -0.39 is 0 Å². The Morgan fingerprint density at radius 1 is 1.24 bits per heavy atom. The maximum absolute atomic E-state index is 4.31. The van der Waals surface area contributed by atoms with Gasteiger partial charge >= 0.3 is 0 Å². The molecule has 0 bridgehead atoms. The van der Waals surface area contributed by atoms with Gasteiger partial charge in [-0.25, -0.2) is 0 Å². The highest BCUT2D eigenvalue weighted by Crippen LogP contribution is 2.61. The summed E-state index contributed by atoms with van der Waals surface area (Å²) in [6, 6.07) is 9.61. The van der Waals surface area contributed by atoms with Crippen LogP contribution in [0.5, 0.6) is 0 Å². The topological polar surface area (TPSA) is 24.4 Å². The second-order valence-electron chi connectivity index (χ2n) is 5.89. The number of benzene rings is 1. The summed E-state index contributed by atoms with van der Waals surface area (Å²) in [6.07, 6.45) is 7.26. The van der Waals surface area contributed by atoms with Crippen LogP contribution in [0.1, 0.15) is 24.0 Å². The summed E-state index contributed by atoms with van der Waals surface area (Å²) in [7, 11) is 0. The molecule has 4 rings (SSSR count). The Bertz CT molecular complexity index is 472. The smallest absolute Gasteiger partial charge is 0.0827 e. The van der Waals surface area contributed by atoms with Gasteiger partial charge < -0.3 is 5.32 Å². The zero-order valence-electron chi connectivity index (χ0n) is 10.0. The van der Waals surface area contributed by atoms with Gasteiger partial charge in [0.2, 0.25) is 0 Å². The molecule has 2 heteroatoms. The minimum Gasteiger partial charge on any atom is -0.372 e. The molecule has 1 aromatic carbocycles. The molecule has 0 amide bonds. The number of hydrogen-bond acceptors (Lipinski definition) is 2. The van der Waals surface area contributed by atoms with Crippen LogP contribution in [0.25, 0.3) is 0 Å². The van der Waals surface area contributed by atoms with E-state index in [1.54, 1.807) is 11.1 Å². The predicted molar refractivity (Wildman–Crippen MR) is 69.3 cm³/mol. The average molecular weight is 226 g/mol. The largest absolute Gasteiger partial charge is 0.372 e. The van der Waals surface area contributed by atoms with E-state index in [0.29, 0.717) is 11.5 Å². The van der Waals surface area contributed by atoms with Gasteiger partial charge in [-0.1, -0.05) is 24.3 Å². The molecule has 1 aliphatic heterocycles. The lowest BCUT2D eigenvalue weighted by Gasteiger charge is -2.27. The van der Waals surface area contributed by atoms with Crippen LogP contribution >= 0.6 is 0 Å². The van der Waals surface area contributed by atoms with E-state index in [1.165, 1.54) is 25.7 Å². The molecule has 0 aromatic heterocycles. The first-order valence-electron chi connectivity index (χ1n) is 6.69. The normalized spacial score (nSPS) is 37.9. The van der Waals surface area contributed by atoms with Crippen LogP contribution in [0.2, 0.25) is 0 Å². The van der Waals surface area contributed by atoms with Gasteiger partial charge in [-0.15, -0.1) is 0 Å². The Hall–Kier alpha value is -1.31. The third kappa shape index (κ3) is 1.43. The van der Waals surface area contributed by atoms with Gasteiger partial charge in [-0.3, -0.25) is 4.99 Å². The number of hydrogen-bond donors (Lipinski definition) is 1. The van der Waals surface area contributed by atoms with Gasteiger partial charge in [-0.2, -0.15) is 0 Å². The second-order valence-corrected chi connectivity index (χ2v) is 5.89. The van der Waals surface area contributed by atoms with E-state index >= 15 is 0 Å². The van der Waals surface area contributed by atoms with Crippen LogP contribution in [0, 0.1) is 11.3 Å². The number of fused-ring (bicyclic) bond motifs is 1. The first-order chi connectivity index (χ1) is 8.37. The number of rotatable bonds is 1. The van der Waals surface area contributed by atoms with Crippen LogP contribution in [0.15, 0.2) is 29.3 Å². The quantitative estimate of drug-likeness (QED) is 0.780. The number of aryl methyl sites for hydroxylation is 1. The molecule has 88 valence electrons. The number of aliphatic imine (C=N–C) groups is 1. The zero-order valence-corrected chi connectivity index (χ0v) is 10.0. The molecule has 2 aliphatic carbocycles. The first-order valence-corrected chi connectivity index (χ1v) is 6.69. The number of nitrogens with zero attached hydrogens (tertiary/aromatic N) is 1. The van der Waals surface area contributed by atoms with Gasteiger partial charge in [0, 0.05) is 6.04 Å². The predicted octanol–water partition coefficient (Wildman–Crippen LogP) is 2.18. The maximum atomic E-state index is 4.31. The highest BCUT2D eigenvalue weighted by atomic mass is 15.1. The molecule has 1 aromatic rings. The van der Waals surface area contributed by atoms with Crippen molar-refractivity contribution >= 4 is 6.34 Å². The molecule has 1 N–H and O–H groups in total. The molecule has 0 radical (unpaired) electrons. The standard InChI is InChI=1S/C15H18N2/c1-2-4-12-7-15(6-5-11(12)3-1)8-13(15)14-9-16-10-17-14/h1-4,10,13-14H,5-9H2,(H,16,17)/t13?,14-,15?/m0/s1. The monoisotopic (exact) mass is 226 g/mol. The molecule has 1 spiro atoms. The fourth-order valence-corrected chi connectivity index (χ4v) is 3.87. The first kappa shape index (κ1) is 9.69. The van der Waals surface area contributed by atoms with Crippen molar-refractivity contribution < 1.29 is 0 Å². The van der Waals surface area contributed by atoms with Gasteiger partial charge in [0.15, 0.2) is 0 Å². The van der Waals surface area contributed by atoms with Crippen molar-refractivity contribution in [2.45, 2.75) is 31.7 Å². The summed E-state index contributed by atoms with van der Waals surface area (Å²) in [5.41, 5.74) is 3.79. The summed E-state index contributed by atoms with van der Waals surface area (Å²) in [5.74, 6) is 0.860.